The molecule has 0 atom stereocenters. The van der Waals surface area contributed by atoms with Crippen molar-refractivity contribution in [2.75, 3.05) is 19.0 Å². The van der Waals surface area contributed by atoms with Gasteiger partial charge < -0.3 is 10.1 Å². The number of aromatic nitrogens is 1. The monoisotopic (exact) mass is 234 g/mol. The number of ether oxygens (including phenoxy) is 1. The van der Waals surface area contributed by atoms with E-state index in [1.165, 1.54) is 5.56 Å². The van der Waals surface area contributed by atoms with E-state index in [-0.39, 0.29) is 0 Å². The number of hydrogen-bond acceptors (Lipinski definition) is 4. The molecule has 0 fully saturated rings. The molecule has 84 valence electrons. The van der Waals surface area contributed by atoms with Crippen molar-refractivity contribution >= 4 is 16.5 Å². The number of nitrogens with zero attached hydrogens (tertiary/aromatic N) is 1. The van der Waals surface area contributed by atoms with Crippen LogP contribution in [0.4, 0.5) is 5.13 Å². The lowest BCUT2D eigenvalue weighted by atomic mass is 10.2. The molecule has 0 aliphatic heterocycles. The summed E-state index contributed by atoms with van der Waals surface area (Å²) in [6.07, 6.45) is 1.88. The van der Waals surface area contributed by atoms with Crippen LogP contribution in [0.2, 0.25) is 0 Å². The molecule has 3 nitrogen and oxygen atoms in total. The van der Waals surface area contributed by atoms with E-state index in [1.54, 1.807) is 11.3 Å². The van der Waals surface area contributed by atoms with Gasteiger partial charge in [-0.2, -0.15) is 0 Å². The number of thiazole rings is 1. The third-order valence-corrected chi connectivity index (χ3v) is 3.23. The third kappa shape index (κ3) is 2.33. The zero-order valence-electron chi connectivity index (χ0n) is 9.36. The van der Waals surface area contributed by atoms with Crippen LogP contribution in [-0.4, -0.2) is 18.6 Å². The van der Waals surface area contributed by atoms with Gasteiger partial charge in [-0.15, -0.1) is 0 Å². The fourth-order valence-electron chi connectivity index (χ4n) is 1.41. The Bertz CT molecular complexity index is 450. The van der Waals surface area contributed by atoms with Crippen molar-refractivity contribution in [1.29, 1.82) is 0 Å². The van der Waals surface area contributed by atoms with Gasteiger partial charge in [0, 0.05) is 13.2 Å². The van der Waals surface area contributed by atoms with Gasteiger partial charge in [-0.3, -0.25) is 0 Å². The molecule has 2 rings (SSSR count). The summed E-state index contributed by atoms with van der Waals surface area (Å²) in [5, 5.41) is 3.97. The molecule has 2 aromatic rings. The van der Waals surface area contributed by atoms with Crippen molar-refractivity contribution < 1.29 is 4.74 Å². The largest absolute Gasteiger partial charge is 0.494 e. The molecule has 0 saturated carbocycles. The SMILES string of the molecule is CCOc1ccc(-c2cnc(NC)s2)cc1. The molecule has 0 amide bonds. The third-order valence-electron chi connectivity index (χ3n) is 2.17. The Morgan fingerprint density at radius 2 is 2.06 bits per heavy atom. The summed E-state index contributed by atoms with van der Waals surface area (Å²) in [4.78, 5) is 5.41. The van der Waals surface area contributed by atoms with Gasteiger partial charge in [0.1, 0.15) is 5.75 Å². The Morgan fingerprint density at radius 3 is 2.62 bits per heavy atom. The van der Waals surface area contributed by atoms with Crippen LogP contribution in [0, 0.1) is 0 Å². The summed E-state index contributed by atoms with van der Waals surface area (Å²) in [5.74, 6) is 0.907. The second-order valence-corrected chi connectivity index (χ2v) is 4.27. The highest BCUT2D eigenvalue weighted by Crippen LogP contribution is 2.29. The zero-order valence-corrected chi connectivity index (χ0v) is 10.2. The second-order valence-electron chi connectivity index (χ2n) is 3.24. The number of rotatable bonds is 4. The molecular weight excluding hydrogens is 220 g/mol. The molecule has 16 heavy (non-hydrogen) atoms. The van der Waals surface area contributed by atoms with Crippen molar-refractivity contribution in [2.24, 2.45) is 0 Å². The van der Waals surface area contributed by atoms with Crippen LogP contribution in [-0.2, 0) is 0 Å². The van der Waals surface area contributed by atoms with Crippen molar-refractivity contribution in [3.63, 3.8) is 0 Å². The summed E-state index contributed by atoms with van der Waals surface area (Å²) in [7, 11) is 1.88. The first-order valence-electron chi connectivity index (χ1n) is 5.20. The molecule has 0 spiro atoms. The summed E-state index contributed by atoms with van der Waals surface area (Å²) >= 11 is 1.64. The van der Waals surface area contributed by atoms with Gasteiger partial charge in [-0.05, 0) is 36.8 Å². The van der Waals surface area contributed by atoms with E-state index in [4.69, 9.17) is 4.74 Å². The van der Waals surface area contributed by atoms with E-state index in [1.807, 2.05) is 32.3 Å². The summed E-state index contributed by atoms with van der Waals surface area (Å²) in [6, 6.07) is 8.07. The van der Waals surface area contributed by atoms with Crippen LogP contribution in [0.1, 0.15) is 6.92 Å². The highest BCUT2D eigenvalue weighted by atomic mass is 32.1. The highest BCUT2D eigenvalue weighted by Gasteiger charge is 2.03. The minimum atomic E-state index is 0.698. The predicted octanol–water partition coefficient (Wildman–Crippen LogP) is 3.25. The Kier molecular flexibility index (Phi) is 3.41. The molecule has 0 radical (unpaired) electrons. The maximum absolute atomic E-state index is 5.40. The molecule has 0 aliphatic rings. The van der Waals surface area contributed by atoms with Gasteiger partial charge >= 0.3 is 0 Å². The minimum absolute atomic E-state index is 0.698. The van der Waals surface area contributed by atoms with E-state index < -0.39 is 0 Å². The van der Waals surface area contributed by atoms with E-state index in [0.717, 1.165) is 15.8 Å². The molecule has 1 aromatic heterocycles. The maximum atomic E-state index is 5.40. The minimum Gasteiger partial charge on any atom is -0.494 e. The lowest BCUT2D eigenvalue weighted by molar-refractivity contribution is 0.340. The molecule has 0 unspecified atom stereocenters. The van der Waals surface area contributed by atoms with E-state index in [0.29, 0.717) is 6.61 Å². The van der Waals surface area contributed by atoms with Gasteiger partial charge in [-0.25, -0.2) is 4.98 Å². The lowest BCUT2D eigenvalue weighted by Crippen LogP contribution is -1.90. The van der Waals surface area contributed by atoms with E-state index in [9.17, 15) is 0 Å². The van der Waals surface area contributed by atoms with Gasteiger partial charge in [0.2, 0.25) is 0 Å². The van der Waals surface area contributed by atoms with Crippen LogP contribution in [0.3, 0.4) is 0 Å². The van der Waals surface area contributed by atoms with Gasteiger partial charge in [0.05, 0.1) is 11.5 Å². The normalized spacial score (nSPS) is 10.1. The van der Waals surface area contributed by atoms with Crippen LogP contribution in [0.15, 0.2) is 30.5 Å². The lowest BCUT2D eigenvalue weighted by Gasteiger charge is -2.03. The Balaban J connectivity index is 2.20. The van der Waals surface area contributed by atoms with Crippen molar-refractivity contribution in [2.45, 2.75) is 6.92 Å². The molecule has 1 heterocycles. The van der Waals surface area contributed by atoms with Crippen molar-refractivity contribution in [3.05, 3.63) is 30.5 Å². The topological polar surface area (TPSA) is 34.1 Å². The number of anilines is 1. The van der Waals surface area contributed by atoms with Gasteiger partial charge in [-0.1, -0.05) is 11.3 Å². The van der Waals surface area contributed by atoms with Crippen molar-refractivity contribution in [3.8, 4) is 16.2 Å². The van der Waals surface area contributed by atoms with Crippen LogP contribution >= 0.6 is 11.3 Å². The predicted molar refractivity (Wildman–Crippen MR) is 68.3 cm³/mol. The summed E-state index contributed by atoms with van der Waals surface area (Å²) in [6.45, 7) is 2.68. The molecule has 1 aromatic carbocycles. The molecule has 0 bridgehead atoms. The molecule has 0 aliphatic carbocycles. The van der Waals surface area contributed by atoms with Gasteiger partial charge in [0.25, 0.3) is 0 Å². The molecular formula is C12H14N2OS. The Morgan fingerprint density at radius 1 is 1.31 bits per heavy atom. The van der Waals surface area contributed by atoms with Crippen LogP contribution in [0.25, 0.3) is 10.4 Å². The first kappa shape index (κ1) is 11.0. The standard InChI is InChI=1S/C12H14N2OS/c1-3-15-10-6-4-9(5-7-10)11-8-14-12(13-2)16-11/h4-8H,3H2,1-2H3,(H,13,14). The Hall–Kier alpha value is -1.55. The number of hydrogen-bond donors (Lipinski definition) is 1. The molecule has 1 N–H and O–H groups in total. The maximum Gasteiger partial charge on any atom is 0.182 e. The summed E-state index contributed by atoms with van der Waals surface area (Å²) in [5.41, 5.74) is 1.17. The summed E-state index contributed by atoms with van der Waals surface area (Å²) < 4.78 is 5.40. The first-order valence-corrected chi connectivity index (χ1v) is 6.02. The van der Waals surface area contributed by atoms with Crippen molar-refractivity contribution in [1.82, 2.24) is 4.98 Å². The first-order chi connectivity index (χ1) is 7.83. The van der Waals surface area contributed by atoms with E-state index in [2.05, 4.69) is 22.4 Å². The van der Waals surface area contributed by atoms with Crippen LogP contribution < -0.4 is 10.1 Å². The Labute approximate surface area is 99.1 Å². The number of nitrogens with one attached hydrogen (secondary N) is 1. The van der Waals surface area contributed by atoms with Crippen LogP contribution in [0.5, 0.6) is 5.75 Å². The zero-order chi connectivity index (χ0) is 11.4. The highest BCUT2D eigenvalue weighted by molar-refractivity contribution is 7.18. The molecule has 0 saturated heterocycles. The smallest absolute Gasteiger partial charge is 0.182 e. The quantitative estimate of drug-likeness (QED) is 0.881. The average molecular weight is 234 g/mol. The fraction of sp³-hybridized carbons (Fsp3) is 0.250. The van der Waals surface area contributed by atoms with E-state index >= 15 is 0 Å². The van der Waals surface area contributed by atoms with Gasteiger partial charge in [0.15, 0.2) is 5.13 Å². The average Bonchev–Trinajstić information content (AvgIpc) is 2.79. The fourth-order valence-corrected chi connectivity index (χ4v) is 2.18. The number of benzene rings is 1. The second kappa shape index (κ2) is 4.99. The molecule has 4 heteroatoms.